The van der Waals surface area contributed by atoms with Crippen LogP contribution in [0.3, 0.4) is 0 Å². The van der Waals surface area contributed by atoms with E-state index in [0.29, 0.717) is 29.4 Å². The summed E-state index contributed by atoms with van der Waals surface area (Å²) in [7, 11) is 4.48. The zero-order chi connectivity index (χ0) is 17.3. The van der Waals surface area contributed by atoms with E-state index in [9.17, 15) is 9.90 Å². The van der Waals surface area contributed by atoms with E-state index in [1.807, 2.05) is 0 Å². The van der Waals surface area contributed by atoms with Crippen LogP contribution in [0.25, 0.3) is 0 Å². The molecule has 2 fully saturated rings. The van der Waals surface area contributed by atoms with Gasteiger partial charge in [-0.1, -0.05) is 0 Å². The van der Waals surface area contributed by atoms with Gasteiger partial charge in [-0.25, -0.2) is 0 Å². The number of benzene rings is 1. The van der Waals surface area contributed by atoms with Crippen LogP contribution in [0.15, 0.2) is 12.1 Å². The van der Waals surface area contributed by atoms with Gasteiger partial charge in [-0.05, 0) is 12.1 Å². The van der Waals surface area contributed by atoms with Crippen LogP contribution >= 0.6 is 0 Å². The highest BCUT2D eigenvalue weighted by Gasteiger charge is 2.47. The first-order valence-corrected chi connectivity index (χ1v) is 7.61. The fraction of sp³-hybridized carbons (Fsp3) is 0.562. The Hall–Kier alpha value is -2.03. The molecule has 2 heterocycles. The highest BCUT2D eigenvalue weighted by atomic mass is 16.6. The Morgan fingerprint density at radius 2 is 1.71 bits per heavy atom. The lowest BCUT2D eigenvalue weighted by atomic mass is 10.1. The molecule has 2 aliphatic rings. The summed E-state index contributed by atoms with van der Waals surface area (Å²) >= 11 is 0. The molecule has 2 N–H and O–H groups in total. The van der Waals surface area contributed by atoms with E-state index in [4.69, 9.17) is 23.7 Å². The molecule has 1 amide bonds. The minimum absolute atomic E-state index is 0.214. The Kier molecular flexibility index (Phi) is 4.79. The number of aliphatic hydroxyl groups is 1. The van der Waals surface area contributed by atoms with Gasteiger partial charge < -0.3 is 34.1 Å². The quantitative estimate of drug-likeness (QED) is 0.778. The topological polar surface area (TPSA) is 95.5 Å². The summed E-state index contributed by atoms with van der Waals surface area (Å²) in [5, 5.41) is 12.6. The maximum absolute atomic E-state index is 12.6. The van der Waals surface area contributed by atoms with Crippen LogP contribution in [0.4, 0.5) is 0 Å². The third-order valence-corrected chi connectivity index (χ3v) is 4.27. The molecule has 0 aliphatic carbocycles. The second-order valence-electron chi connectivity index (χ2n) is 5.66. The van der Waals surface area contributed by atoms with Crippen molar-refractivity contribution in [3.05, 3.63) is 17.7 Å². The first-order valence-electron chi connectivity index (χ1n) is 7.61. The number of fused-ring (bicyclic) bond motifs is 1. The number of hydrogen-bond donors (Lipinski definition) is 2. The Bertz CT molecular complexity index is 595. The Balaban J connectivity index is 1.78. The predicted octanol–water partition coefficient (Wildman–Crippen LogP) is -0.0307. The molecule has 132 valence electrons. The molecule has 4 unspecified atom stereocenters. The number of carbonyl (C=O) groups excluding carboxylic acids is 1. The second kappa shape index (κ2) is 6.84. The second-order valence-corrected chi connectivity index (χ2v) is 5.66. The van der Waals surface area contributed by atoms with E-state index in [1.54, 1.807) is 12.1 Å². The monoisotopic (exact) mass is 339 g/mol. The van der Waals surface area contributed by atoms with Gasteiger partial charge in [0, 0.05) is 5.56 Å². The average molecular weight is 339 g/mol. The zero-order valence-corrected chi connectivity index (χ0v) is 13.8. The number of rotatable bonds is 5. The van der Waals surface area contributed by atoms with Gasteiger partial charge in [0.15, 0.2) is 11.5 Å². The van der Waals surface area contributed by atoms with E-state index in [2.05, 4.69) is 5.32 Å². The molecule has 0 bridgehead atoms. The van der Waals surface area contributed by atoms with Gasteiger partial charge >= 0.3 is 0 Å². The lowest BCUT2D eigenvalue weighted by Crippen LogP contribution is -2.44. The minimum atomic E-state index is -0.655. The summed E-state index contributed by atoms with van der Waals surface area (Å²) < 4.78 is 26.8. The van der Waals surface area contributed by atoms with E-state index >= 15 is 0 Å². The van der Waals surface area contributed by atoms with Gasteiger partial charge in [0.05, 0.1) is 40.6 Å². The molecule has 3 rings (SSSR count). The molecule has 24 heavy (non-hydrogen) atoms. The van der Waals surface area contributed by atoms with Crippen molar-refractivity contribution < 1.29 is 33.6 Å². The van der Waals surface area contributed by atoms with Gasteiger partial charge in [0.1, 0.15) is 18.3 Å². The predicted molar refractivity (Wildman–Crippen MR) is 82.8 cm³/mol. The lowest BCUT2D eigenvalue weighted by Gasteiger charge is -2.18. The largest absolute Gasteiger partial charge is 0.493 e. The highest BCUT2D eigenvalue weighted by Crippen LogP contribution is 2.38. The average Bonchev–Trinajstić information content (AvgIpc) is 3.17. The van der Waals surface area contributed by atoms with Crippen LogP contribution in [0, 0.1) is 0 Å². The number of carbonyl (C=O) groups is 1. The van der Waals surface area contributed by atoms with Gasteiger partial charge in [-0.15, -0.1) is 0 Å². The summed E-state index contributed by atoms with van der Waals surface area (Å²) in [6.45, 7) is 0.508. The van der Waals surface area contributed by atoms with E-state index < -0.39 is 12.2 Å². The molecule has 8 nitrogen and oxygen atoms in total. The van der Waals surface area contributed by atoms with Crippen molar-refractivity contribution >= 4 is 5.91 Å². The number of amides is 1. The van der Waals surface area contributed by atoms with Crippen LogP contribution in [-0.4, -0.2) is 69.9 Å². The number of aliphatic hydroxyl groups excluding tert-OH is 1. The summed E-state index contributed by atoms with van der Waals surface area (Å²) in [6, 6.07) is 2.83. The summed E-state index contributed by atoms with van der Waals surface area (Å²) in [4.78, 5) is 12.6. The van der Waals surface area contributed by atoms with Crippen molar-refractivity contribution in [2.24, 2.45) is 0 Å². The molecule has 0 aromatic heterocycles. The Labute approximate surface area is 139 Å². The molecule has 2 aliphatic heterocycles. The fourth-order valence-corrected chi connectivity index (χ4v) is 3.07. The first-order chi connectivity index (χ1) is 11.6. The lowest BCUT2D eigenvalue weighted by molar-refractivity contribution is 0.0178. The highest BCUT2D eigenvalue weighted by molar-refractivity contribution is 5.96. The summed E-state index contributed by atoms with van der Waals surface area (Å²) in [6.07, 6.45) is -1.39. The van der Waals surface area contributed by atoms with Crippen molar-refractivity contribution in [2.45, 2.75) is 24.4 Å². The van der Waals surface area contributed by atoms with E-state index in [0.717, 1.165) is 0 Å². The molecule has 0 saturated carbocycles. The SMILES string of the molecule is COc1cc(C(=O)NC2COC3C(O)COC23)cc(OC)c1OC. The maximum atomic E-state index is 12.6. The van der Waals surface area contributed by atoms with Crippen LogP contribution in [-0.2, 0) is 9.47 Å². The molecular formula is C16H21NO7. The molecule has 4 atom stereocenters. The number of ether oxygens (including phenoxy) is 5. The van der Waals surface area contributed by atoms with Crippen molar-refractivity contribution in [3.63, 3.8) is 0 Å². The molecule has 0 spiro atoms. The number of methoxy groups -OCH3 is 3. The van der Waals surface area contributed by atoms with Crippen LogP contribution < -0.4 is 19.5 Å². The van der Waals surface area contributed by atoms with Crippen molar-refractivity contribution in [2.75, 3.05) is 34.5 Å². The zero-order valence-electron chi connectivity index (χ0n) is 13.8. The summed E-state index contributed by atoms with van der Waals surface area (Å²) in [5.74, 6) is 0.904. The van der Waals surface area contributed by atoms with E-state index in [1.165, 1.54) is 21.3 Å². The Morgan fingerprint density at radius 1 is 1.08 bits per heavy atom. The molecule has 2 saturated heterocycles. The molecule has 1 aromatic rings. The standard InChI is InChI=1S/C16H21NO7/c1-20-11-4-8(5-12(21-2)15(11)22-3)16(19)17-9-6-23-14-10(18)7-24-13(9)14/h4-5,9-10,13-14,18H,6-7H2,1-3H3,(H,17,19). The third kappa shape index (κ3) is 2.88. The van der Waals surface area contributed by atoms with Crippen molar-refractivity contribution in [1.29, 1.82) is 0 Å². The summed E-state index contributed by atoms with van der Waals surface area (Å²) in [5.41, 5.74) is 0.367. The maximum Gasteiger partial charge on any atom is 0.251 e. The Morgan fingerprint density at radius 3 is 2.29 bits per heavy atom. The van der Waals surface area contributed by atoms with Crippen LogP contribution in [0.5, 0.6) is 17.2 Å². The van der Waals surface area contributed by atoms with Gasteiger partial charge in [-0.2, -0.15) is 0 Å². The van der Waals surface area contributed by atoms with Crippen LogP contribution in [0.2, 0.25) is 0 Å². The van der Waals surface area contributed by atoms with Crippen molar-refractivity contribution in [3.8, 4) is 17.2 Å². The molecule has 0 radical (unpaired) electrons. The fourth-order valence-electron chi connectivity index (χ4n) is 3.07. The minimum Gasteiger partial charge on any atom is -0.493 e. The van der Waals surface area contributed by atoms with Gasteiger partial charge in [0.2, 0.25) is 5.75 Å². The molecular weight excluding hydrogens is 318 g/mol. The van der Waals surface area contributed by atoms with E-state index in [-0.39, 0.29) is 24.7 Å². The smallest absolute Gasteiger partial charge is 0.251 e. The van der Waals surface area contributed by atoms with Gasteiger partial charge in [0.25, 0.3) is 5.91 Å². The third-order valence-electron chi connectivity index (χ3n) is 4.27. The number of hydrogen-bond acceptors (Lipinski definition) is 7. The van der Waals surface area contributed by atoms with Gasteiger partial charge in [-0.3, -0.25) is 4.79 Å². The van der Waals surface area contributed by atoms with Crippen molar-refractivity contribution in [1.82, 2.24) is 5.32 Å². The molecule has 1 aromatic carbocycles. The molecule has 8 heteroatoms. The van der Waals surface area contributed by atoms with Crippen LogP contribution in [0.1, 0.15) is 10.4 Å². The first kappa shape index (κ1) is 16.8. The number of nitrogens with one attached hydrogen (secondary N) is 1. The normalized spacial score (nSPS) is 28.3.